The van der Waals surface area contributed by atoms with E-state index in [0.717, 1.165) is 11.1 Å². The van der Waals surface area contributed by atoms with Gasteiger partial charge in [0.05, 0.1) is 18.0 Å². The molecule has 0 unspecified atom stereocenters. The lowest BCUT2D eigenvalue weighted by atomic mass is 10.1. The van der Waals surface area contributed by atoms with Crippen LogP contribution in [0.4, 0.5) is 15.8 Å². The first-order valence-corrected chi connectivity index (χ1v) is 6.47. The molecule has 20 heavy (non-hydrogen) atoms. The van der Waals surface area contributed by atoms with E-state index in [1.165, 1.54) is 6.07 Å². The normalized spacial score (nSPS) is 10.3. The molecule has 4 nitrogen and oxygen atoms in total. The minimum Gasteiger partial charge on any atom is -0.491 e. The molecule has 2 aromatic rings. The predicted molar refractivity (Wildman–Crippen MR) is 78.3 cm³/mol. The van der Waals surface area contributed by atoms with Crippen LogP contribution >= 0.6 is 0 Å². The van der Waals surface area contributed by atoms with Gasteiger partial charge in [-0.15, -0.1) is 0 Å². The van der Waals surface area contributed by atoms with Gasteiger partial charge in [0.25, 0.3) is 0 Å². The second-order valence-corrected chi connectivity index (χ2v) is 4.46. The van der Waals surface area contributed by atoms with Crippen molar-refractivity contribution in [3.8, 4) is 5.75 Å². The van der Waals surface area contributed by atoms with Crippen molar-refractivity contribution in [1.29, 1.82) is 0 Å². The summed E-state index contributed by atoms with van der Waals surface area (Å²) in [6.07, 6.45) is 3.54. The first-order chi connectivity index (χ1) is 9.61. The zero-order valence-corrected chi connectivity index (χ0v) is 11.6. The van der Waals surface area contributed by atoms with Crippen molar-refractivity contribution in [2.24, 2.45) is 0 Å². The molecule has 1 aromatic carbocycles. The van der Waals surface area contributed by atoms with Crippen molar-refractivity contribution in [2.75, 3.05) is 17.7 Å². The Hall–Kier alpha value is -2.30. The van der Waals surface area contributed by atoms with Crippen molar-refractivity contribution in [2.45, 2.75) is 20.4 Å². The summed E-state index contributed by atoms with van der Waals surface area (Å²) >= 11 is 0. The lowest BCUT2D eigenvalue weighted by molar-refractivity contribution is 0.322. The van der Waals surface area contributed by atoms with Gasteiger partial charge in [-0.2, -0.15) is 0 Å². The molecule has 5 heteroatoms. The van der Waals surface area contributed by atoms with Crippen LogP contribution in [0, 0.1) is 12.7 Å². The van der Waals surface area contributed by atoms with Crippen LogP contribution in [0.5, 0.6) is 5.75 Å². The van der Waals surface area contributed by atoms with Crippen LogP contribution in [-0.4, -0.2) is 11.6 Å². The van der Waals surface area contributed by atoms with Crippen molar-refractivity contribution >= 4 is 11.4 Å². The van der Waals surface area contributed by atoms with Crippen LogP contribution < -0.4 is 15.8 Å². The number of hydrogen-bond donors (Lipinski definition) is 2. The van der Waals surface area contributed by atoms with E-state index in [9.17, 15) is 4.39 Å². The van der Waals surface area contributed by atoms with Gasteiger partial charge in [-0.1, -0.05) is 0 Å². The van der Waals surface area contributed by atoms with Gasteiger partial charge in [-0.25, -0.2) is 4.39 Å². The Morgan fingerprint density at radius 2 is 2.20 bits per heavy atom. The number of nitrogens with zero attached hydrogens (tertiary/aromatic N) is 1. The number of halogens is 1. The zero-order valence-electron chi connectivity index (χ0n) is 11.6. The second kappa shape index (κ2) is 6.23. The van der Waals surface area contributed by atoms with Gasteiger partial charge in [-0.3, -0.25) is 4.98 Å². The number of pyridine rings is 1. The van der Waals surface area contributed by atoms with Crippen LogP contribution in [0.25, 0.3) is 0 Å². The lowest BCUT2D eigenvalue weighted by Gasteiger charge is -2.13. The highest BCUT2D eigenvalue weighted by Crippen LogP contribution is 2.28. The Morgan fingerprint density at radius 1 is 1.40 bits per heavy atom. The Labute approximate surface area is 117 Å². The van der Waals surface area contributed by atoms with Crippen LogP contribution in [0.2, 0.25) is 0 Å². The van der Waals surface area contributed by atoms with Gasteiger partial charge in [0.1, 0.15) is 0 Å². The topological polar surface area (TPSA) is 60.2 Å². The Kier molecular flexibility index (Phi) is 4.40. The van der Waals surface area contributed by atoms with Crippen molar-refractivity contribution in [3.63, 3.8) is 0 Å². The Bertz CT molecular complexity index is 602. The fraction of sp³-hybridized carbons (Fsp3) is 0.267. The molecule has 0 bridgehead atoms. The number of nitrogens with one attached hydrogen (secondary N) is 1. The number of aromatic nitrogens is 1. The third kappa shape index (κ3) is 3.17. The Balaban J connectivity index is 2.17. The van der Waals surface area contributed by atoms with E-state index in [4.69, 9.17) is 10.5 Å². The summed E-state index contributed by atoms with van der Waals surface area (Å²) in [6, 6.07) is 4.79. The number of rotatable bonds is 5. The van der Waals surface area contributed by atoms with Crippen LogP contribution in [-0.2, 0) is 6.54 Å². The van der Waals surface area contributed by atoms with Gasteiger partial charge < -0.3 is 15.8 Å². The van der Waals surface area contributed by atoms with Gasteiger partial charge in [0.15, 0.2) is 11.6 Å². The van der Waals surface area contributed by atoms with E-state index in [0.29, 0.717) is 24.5 Å². The summed E-state index contributed by atoms with van der Waals surface area (Å²) in [4.78, 5) is 4.05. The van der Waals surface area contributed by atoms with Crippen LogP contribution in [0.3, 0.4) is 0 Å². The number of aryl methyl sites for hydroxylation is 1. The van der Waals surface area contributed by atoms with Gasteiger partial charge in [-0.05, 0) is 31.0 Å². The summed E-state index contributed by atoms with van der Waals surface area (Å²) in [5.41, 5.74) is 9.04. The molecule has 0 atom stereocenters. The average molecular weight is 275 g/mol. The number of ether oxygens (including phenoxy) is 1. The molecule has 1 aromatic heterocycles. The van der Waals surface area contributed by atoms with Crippen molar-refractivity contribution in [3.05, 3.63) is 47.5 Å². The van der Waals surface area contributed by atoms with E-state index in [-0.39, 0.29) is 5.75 Å². The number of nitrogens with two attached hydrogens (primary N) is 1. The predicted octanol–water partition coefficient (Wildman–Crippen LogP) is 3.12. The summed E-state index contributed by atoms with van der Waals surface area (Å²) in [7, 11) is 0. The fourth-order valence-corrected chi connectivity index (χ4v) is 1.88. The number of benzene rings is 1. The van der Waals surface area contributed by atoms with Crippen LogP contribution in [0.1, 0.15) is 18.1 Å². The smallest absolute Gasteiger partial charge is 0.167 e. The molecular weight excluding hydrogens is 257 g/mol. The van der Waals surface area contributed by atoms with Crippen molar-refractivity contribution < 1.29 is 9.13 Å². The summed E-state index contributed by atoms with van der Waals surface area (Å²) in [5, 5.41) is 3.20. The maximum absolute atomic E-state index is 13.6. The van der Waals surface area contributed by atoms with Gasteiger partial charge in [0, 0.05) is 31.1 Å². The van der Waals surface area contributed by atoms with E-state index in [1.807, 2.05) is 19.9 Å². The van der Waals surface area contributed by atoms with Crippen LogP contribution in [0.15, 0.2) is 30.6 Å². The Morgan fingerprint density at radius 3 is 2.90 bits per heavy atom. The lowest BCUT2D eigenvalue weighted by Crippen LogP contribution is -2.05. The monoisotopic (exact) mass is 275 g/mol. The highest BCUT2D eigenvalue weighted by Gasteiger charge is 2.09. The molecule has 0 amide bonds. The number of nitrogen functional groups attached to an aromatic ring is 1. The average Bonchev–Trinajstić information content (AvgIpc) is 2.42. The molecule has 0 saturated carbocycles. The van der Waals surface area contributed by atoms with Crippen molar-refractivity contribution in [1.82, 2.24) is 4.98 Å². The number of anilines is 2. The molecule has 0 saturated heterocycles. The quantitative estimate of drug-likeness (QED) is 0.823. The zero-order chi connectivity index (χ0) is 14.5. The molecule has 0 aliphatic rings. The largest absolute Gasteiger partial charge is 0.491 e. The number of hydrogen-bond acceptors (Lipinski definition) is 4. The SMILES string of the molecule is CCOc1cc(NCc2ccncc2C)c(N)cc1F. The maximum atomic E-state index is 13.6. The molecule has 0 aliphatic heterocycles. The van der Waals surface area contributed by atoms with Gasteiger partial charge in [0.2, 0.25) is 0 Å². The highest BCUT2D eigenvalue weighted by atomic mass is 19.1. The molecule has 0 spiro atoms. The van der Waals surface area contributed by atoms with E-state index in [2.05, 4.69) is 10.3 Å². The minimum atomic E-state index is -0.449. The first-order valence-electron chi connectivity index (χ1n) is 6.47. The van der Waals surface area contributed by atoms with E-state index in [1.54, 1.807) is 18.5 Å². The second-order valence-electron chi connectivity index (χ2n) is 4.46. The maximum Gasteiger partial charge on any atom is 0.167 e. The molecule has 0 radical (unpaired) electrons. The van der Waals surface area contributed by atoms with E-state index >= 15 is 0 Å². The third-order valence-corrected chi connectivity index (χ3v) is 3.01. The fourth-order valence-electron chi connectivity index (χ4n) is 1.88. The summed E-state index contributed by atoms with van der Waals surface area (Å²) < 4.78 is 18.8. The summed E-state index contributed by atoms with van der Waals surface area (Å²) in [6.45, 7) is 4.80. The third-order valence-electron chi connectivity index (χ3n) is 3.01. The first kappa shape index (κ1) is 14.1. The summed E-state index contributed by atoms with van der Waals surface area (Å²) in [5.74, 6) is -0.245. The molecule has 1 heterocycles. The molecule has 106 valence electrons. The minimum absolute atomic E-state index is 0.204. The highest BCUT2D eigenvalue weighted by molar-refractivity contribution is 5.68. The standard InChI is InChI=1S/C15H18FN3O/c1-3-20-15-7-14(13(17)6-12(15)16)19-9-11-4-5-18-8-10(11)2/h4-8,19H,3,9,17H2,1-2H3. The van der Waals surface area contributed by atoms with Gasteiger partial charge >= 0.3 is 0 Å². The molecule has 2 rings (SSSR count). The molecular formula is C15H18FN3O. The van der Waals surface area contributed by atoms with E-state index < -0.39 is 5.82 Å². The molecule has 0 fully saturated rings. The molecule has 3 N–H and O–H groups in total. The molecule has 0 aliphatic carbocycles.